The van der Waals surface area contributed by atoms with Crippen LogP contribution >= 0.6 is 11.3 Å². The van der Waals surface area contributed by atoms with Crippen molar-refractivity contribution in [2.75, 3.05) is 16.8 Å². The molecule has 2 unspecified atom stereocenters. The average Bonchev–Trinajstić information content (AvgIpc) is 3.40. The molecular formula is C27H25N3OS. The third-order valence-electron chi connectivity index (χ3n) is 6.80. The summed E-state index contributed by atoms with van der Waals surface area (Å²) in [4.78, 5) is 20.0. The van der Waals surface area contributed by atoms with Crippen molar-refractivity contribution in [1.29, 1.82) is 0 Å². The van der Waals surface area contributed by atoms with E-state index >= 15 is 0 Å². The number of hydrogen-bond acceptors (Lipinski definition) is 4. The number of carbonyl (C=O) groups excluding carboxylic acids is 1. The Bertz CT molecular complexity index is 1250. The second-order valence-corrected chi connectivity index (χ2v) is 9.79. The highest BCUT2D eigenvalue weighted by Gasteiger charge is 2.39. The van der Waals surface area contributed by atoms with Gasteiger partial charge in [-0.3, -0.25) is 4.79 Å². The molecule has 0 radical (unpaired) electrons. The first kappa shape index (κ1) is 19.5. The number of amides is 1. The smallest absolute Gasteiger partial charge is 0.243 e. The Morgan fingerprint density at radius 3 is 2.62 bits per heavy atom. The number of para-hydroxylation sites is 2. The van der Waals surface area contributed by atoms with Gasteiger partial charge in [0.15, 0.2) is 0 Å². The summed E-state index contributed by atoms with van der Waals surface area (Å²) in [6.45, 7) is 0.401. The number of benzene rings is 3. The minimum atomic E-state index is 0.0405. The molecule has 0 spiro atoms. The van der Waals surface area contributed by atoms with E-state index in [0.29, 0.717) is 18.5 Å². The maximum absolute atomic E-state index is 13.0. The number of anilines is 2. The fraction of sp³-hybridized carbons (Fsp3) is 0.259. The fourth-order valence-electron chi connectivity index (χ4n) is 5.34. The van der Waals surface area contributed by atoms with Gasteiger partial charge in [0, 0.05) is 28.9 Å². The monoisotopic (exact) mass is 439 g/mol. The summed E-state index contributed by atoms with van der Waals surface area (Å²) >= 11 is 1.69. The minimum Gasteiger partial charge on any atom is -0.358 e. The van der Waals surface area contributed by atoms with Crippen molar-refractivity contribution in [2.24, 2.45) is 0 Å². The minimum absolute atomic E-state index is 0.0405. The van der Waals surface area contributed by atoms with Crippen LogP contribution in [0.2, 0.25) is 0 Å². The van der Waals surface area contributed by atoms with Gasteiger partial charge in [-0.15, -0.1) is 11.3 Å². The van der Waals surface area contributed by atoms with Crippen molar-refractivity contribution >= 4 is 38.8 Å². The Kier molecular flexibility index (Phi) is 4.91. The van der Waals surface area contributed by atoms with Gasteiger partial charge < -0.3 is 10.2 Å². The van der Waals surface area contributed by atoms with Crippen molar-refractivity contribution in [3.05, 3.63) is 78.4 Å². The molecule has 1 fully saturated rings. The summed E-state index contributed by atoms with van der Waals surface area (Å²) in [5.41, 5.74) is 5.59. The van der Waals surface area contributed by atoms with Gasteiger partial charge in [0.2, 0.25) is 5.91 Å². The molecular weight excluding hydrogens is 414 g/mol. The highest BCUT2D eigenvalue weighted by atomic mass is 32.1. The molecule has 4 aromatic rings. The molecule has 1 aromatic heterocycles. The topological polar surface area (TPSA) is 45.2 Å². The van der Waals surface area contributed by atoms with E-state index in [1.54, 1.807) is 11.3 Å². The highest BCUT2D eigenvalue weighted by molar-refractivity contribution is 7.21. The molecule has 2 heterocycles. The summed E-state index contributed by atoms with van der Waals surface area (Å²) in [5.74, 6) is 0.611. The van der Waals surface area contributed by atoms with E-state index in [1.165, 1.54) is 41.6 Å². The third kappa shape index (κ3) is 3.47. The van der Waals surface area contributed by atoms with Crippen molar-refractivity contribution in [1.82, 2.24) is 4.98 Å². The van der Waals surface area contributed by atoms with E-state index in [9.17, 15) is 4.79 Å². The number of aromatic nitrogens is 1. The van der Waals surface area contributed by atoms with Crippen LogP contribution in [0.1, 0.15) is 37.2 Å². The molecule has 0 bridgehead atoms. The third-order valence-corrected chi connectivity index (χ3v) is 7.88. The summed E-state index contributed by atoms with van der Waals surface area (Å²) in [5, 5.41) is 4.10. The maximum atomic E-state index is 13.0. The van der Waals surface area contributed by atoms with Gasteiger partial charge in [0.1, 0.15) is 5.01 Å². The molecule has 1 amide bonds. The van der Waals surface area contributed by atoms with Gasteiger partial charge in [-0.05, 0) is 60.9 Å². The highest BCUT2D eigenvalue weighted by Crippen LogP contribution is 2.47. The Hall–Kier alpha value is -3.18. The number of rotatable bonds is 4. The lowest BCUT2D eigenvalue weighted by Gasteiger charge is -2.33. The average molecular weight is 440 g/mol. The van der Waals surface area contributed by atoms with E-state index in [4.69, 9.17) is 4.98 Å². The van der Waals surface area contributed by atoms with Gasteiger partial charge >= 0.3 is 0 Å². The molecule has 2 aliphatic rings. The summed E-state index contributed by atoms with van der Waals surface area (Å²) < 4.78 is 1.19. The molecule has 1 N–H and O–H groups in total. The van der Waals surface area contributed by atoms with Crippen LogP contribution in [0.4, 0.5) is 11.4 Å². The summed E-state index contributed by atoms with van der Waals surface area (Å²) in [6.07, 6.45) is 4.94. The fourth-order valence-corrected chi connectivity index (χ4v) is 6.31. The van der Waals surface area contributed by atoms with Crippen LogP contribution in [-0.4, -0.2) is 23.5 Å². The predicted molar refractivity (Wildman–Crippen MR) is 132 cm³/mol. The number of thiazole rings is 1. The molecule has 1 aliphatic carbocycles. The molecule has 3 aromatic carbocycles. The zero-order valence-electron chi connectivity index (χ0n) is 17.8. The van der Waals surface area contributed by atoms with E-state index in [2.05, 4.69) is 40.5 Å². The van der Waals surface area contributed by atoms with Crippen LogP contribution in [0.5, 0.6) is 0 Å². The molecule has 32 heavy (non-hydrogen) atoms. The van der Waals surface area contributed by atoms with Crippen LogP contribution in [0, 0.1) is 0 Å². The molecule has 4 nitrogen and oxygen atoms in total. The van der Waals surface area contributed by atoms with Crippen LogP contribution in [0.15, 0.2) is 72.8 Å². The zero-order valence-corrected chi connectivity index (χ0v) is 18.6. The van der Waals surface area contributed by atoms with Gasteiger partial charge in [0.05, 0.1) is 16.8 Å². The van der Waals surface area contributed by atoms with Crippen LogP contribution in [-0.2, 0) is 4.79 Å². The first-order valence-electron chi connectivity index (χ1n) is 11.4. The largest absolute Gasteiger partial charge is 0.358 e. The van der Waals surface area contributed by atoms with Crippen LogP contribution in [0.3, 0.4) is 0 Å². The molecule has 6 rings (SSSR count). The lowest BCUT2D eigenvalue weighted by molar-refractivity contribution is -0.115. The number of nitrogens with zero attached hydrogens (tertiary/aromatic N) is 2. The van der Waals surface area contributed by atoms with Gasteiger partial charge in [-0.2, -0.15) is 0 Å². The van der Waals surface area contributed by atoms with E-state index < -0.39 is 0 Å². The molecule has 1 saturated carbocycles. The Morgan fingerprint density at radius 2 is 1.75 bits per heavy atom. The quantitative estimate of drug-likeness (QED) is 0.397. The molecule has 2 atom stereocenters. The standard InChI is InChI=1S/C27H25N3OS/c31-26(17-30-23-10-4-1-7-20(23)21-8-2-5-11-24(21)30)28-19-15-13-18(14-16-19)27-29-22-9-3-6-12-25(22)32-27/h1,3-4,6-7,9-10,12-16,21,24H,2,5,8,11,17H2,(H,28,31). The Balaban J connectivity index is 1.17. The first-order chi connectivity index (χ1) is 15.8. The maximum Gasteiger partial charge on any atom is 0.243 e. The normalized spacial score (nSPS) is 19.6. The zero-order chi connectivity index (χ0) is 21.5. The summed E-state index contributed by atoms with van der Waals surface area (Å²) in [7, 11) is 0. The second kappa shape index (κ2) is 8.06. The lowest BCUT2D eigenvalue weighted by Crippen LogP contribution is -2.41. The second-order valence-electron chi connectivity index (χ2n) is 8.76. The predicted octanol–water partition coefficient (Wildman–Crippen LogP) is 6.45. The van der Waals surface area contributed by atoms with Crippen LogP contribution in [0.25, 0.3) is 20.8 Å². The van der Waals surface area contributed by atoms with Gasteiger partial charge in [-0.25, -0.2) is 4.98 Å². The summed E-state index contributed by atoms with van der Waals surface area (Å²) in [6, 6.07) is 25.3. The number of fused-ring (bicyclic) bond motifs is 4. The number of nitrogens with one attached hydrogen (secondary N) is 1. The number of carbonyl (C=O) groups is 1. The van der Waals surface area contributed by atoms with E-state index in [0.717, 1.165) is 21.8 Å². The van der Waals surface area contributed by atoms with Gasteiger partial charge in [-0.1, -0.05) is 43.2 Å². The van der Waals surface area contributed by atoms with Gasteiger partial charge in [0.25, 0.3) is 0 Å². The molecule has 160 valence electrons. The SMILES string of the molecule is O=C(CN1c2ccccc2C2CCCCC21)Nc1ccc(-c2nc3ccccc3s2)cc1. The van der Waals surface area contributed by atoms with Crippen molar-refractivity contribution in [3.63, 3.8) is 0 Å². The lowest BCUT2D eigenvalue weighted by atomic mass is 9.82. The van der Waals surface area contributed by atoms with E-state index in [-0.39, 0.29) is 5.91 Å². The number of hydrogen-bond donors (Lipinski definition) is 1. The van der Waals surface area contributed by atoms with Crippen molar-refractivity contribution in [2.45, 2.75) is 37.6 Å². The van der Waals surface area contributed by atoms with E-state index in [1.807, 2.05) is 42.5 Å². The first-order valence-corrected chi connectivity index (χ1v) is 12.2. The molecule has 0 saturated heterocycles. The van der Waals surface area contributed by atoms with Crippen LogP contribution < -0.4 is 10.2 Å². The van der Waals surface area contributed by atoms with Crippen molar-refractivity contribution in [3.8, 4) is 10.6 Å². The molecule has 5 heteroatoms. The molecule has 1 aliphatic heterocycles. The Labute approximate surface area is 191 Å². The Morgan fingerprint density at radius 1 is 0.969 bits per heavy atom. The van der Waals surface area contributed by atoms with Crippen molar-refractivity contribution < 1.29 is 4.79 Å².